The number of nitrogens with one attached hydrogen (secondary N) is 1. The van der Waals surface area contributed by atoms with Crippen molar-refractivity contribution in [3.63, 3.8) is 0 Å². The number of halogens is 1. The summed E-state index contributed by atoms with van der Waals surface area (Å²) in [5.74, 6) is 0.522. The van der Waals surface area contributed by atoms with Gasteiger partial charge in [-0.25, -0.2) is 4.39 Å². The first-order valence-electron chi connectivity index (χ1n) is 5.46. The molecule has 1 fully saturated rings. The normalized spacial score (nSPS) is 28.9. The maximum atomic E-state index is 13.0. The van der Waals surface area contributed by atoms with Crippen molar-refractivity contribution in [2.45, 2.75) is 24.9 Å². The van der Waals surface area contributed by atoms with Crippen LogP contribution < -0.4 is 10.1 Å². The van der Waals surface area contributed by atoms with E-state index in [-0.39, 0.29) is 11.4 Å². The van der Waals surface area contributed by atoms with Crippen molar-refractivity contribution in [2.24, 2.45) is 0 Å². The van der Waals surface area contributed by atoms with Crippen molar-refractivity contribution in [3.8, 4) is 5.75 Å². The first kappa shape index (κ1) is 9.16. The van der Waals surface area contributed by atoms with Gasteiger partial charge in [0.25, 0.3) is 0 Å². The van der Waals surface area contributed by atoms with Crippen molar-refractivity contribution >= 4 is 0 Å². The molecule has 1 aromatic carbocycles. The van der Waals surface area contributed by atoms with Crippen LogP contribution >= 0.6 is 0 Å². The number of benzene rings is 1. The molecule has 2 heterocycles. The van der Waals surface area contributed by atoms with Crippen LogP contribution in [0.2, 0.25) is 0 Å². The molecule has 2 aliphatic heterocycles. The zero-order valence-electron chi connectivity index (χ0n) is 8.55. The lowest BCUT2D eigenvalue weighted by molar-refractivity contribution is 0.0658. The zero-order chi connectivity index (χ0) is 10.3. The molecule has 0 aromatic heterocycles. The summed E-state index contributed by atoms with van der Waals surface area (Å²) >= 11 is 0. The Morgan fingerprint density at radius 3 is 3.13 bits per heavy atom. The maximum Gasteiger partial charge on any atom is 0.126 e. The van der Waals surface area contributed by atoms with Gasteiger partial charge in [0, 0.05) is 19.0 Å². The van der Waals surface area contributed by atoms with Gasteiger partial charge in [-0.15, -0.1) is 0 Å². The summed E-state index contributed by atoms with van der Waals surface area (Å²) in [6.07, 6.45) is 3.11. The van der Waals surface area contributed by atoms with E-state index in [1.165, 1.54) is 12.1 Å². The van der Waals surface area contributed by atoms with Crippen molar-refractivity contribution in [3.05, 3.63) is 29.6 Å². The van der Waals surface area contributed by atoms with Gasteiger partial charge >= 0.3 is 0 Å². The molecule has 1 N–H and O–H groups in total. The quantitative estimate of drug-likeness (QED) is 0.701. The van der Waals surface area contributed by atoms with E-state index >= 15 is 0 Å². The van der Waals surface area contributed by atoms with Crippen molar-refractivity contribution in [1.82, 2.24) is 5.32 Å². The summed E-state index contributed by atoms with van der Waals surface area (Å²) in [5.41, 5.74) is 1.04. The van der Waals surface area contributed by atoms with Crippen LogP contribution in [0.1, 0.15) is 18.4 Å². The fraction of sp³-hybridized carbons (Fsp3) is 0.500. The summed E-state index contributed by atoms with van der Waals surface area (Å²) in [6.45, 7) is 1.94. The lowest BCUT2D eigenvalue weighted by atomic mass is 9.89. The number of piperidine rings is 1. The molecule has 15 heavy (non-hydrogen) atoms. The molecule has 3 rings (SSSR count). The number of hydrogen-bond donors (Lipinski definition) is 1. The second-order valence-corrected chi connectivity index (χ2v) is 4.49. The Hall–Kier alpha value is -1.09. The third-order valence-electron chi connectivity index (χ3n) is 3.30. The molecule has 0 radical (unpaired) electrons. The van der Waals surface area contributed by atoms with Crippen LogP contribution in [0.3, 0.4) is 0 Å². The van der Waals surface area contributed by atoms with E-state index in [4.69, 9.17) is 4.74 Å². The summed E-state index contributed by atoms with van der Waals surface area (Å²) in [7, 11) is 0. The minimum absolute atomic E-state index is 0.103. The molecule has 0 amide bonds. The summed E-state index contributed by atoms with van der Waals surface area (Å²) < 4.78 is 18.9. The molecule has 1 spiro atoms. The molecule has 1 atom stereocenters. The Balaban J connectivity index is 1.90. The van der Waals surface area contributed by atoms with E-state index in [1.54, 1.807) is 0 Å². The molecular formula is C12H14FNO. The average Bonchev–Trinajstić information content (AvgIpc) is 2.56. The van der Waals surface area contributed by atoms with E-state index in [0.29, 0.717) is 0 Å². The number of fused-ring (bicyclic) bond motifs is 1. The van der Waals surface area contributed by atoms with Crippen LogP contribution in [0.25, 0.3) is 0 Å². The minimum atomic E-state index is -0.213. The zero-order valence-corrected chi connectivity index (χ0v) is 8.55. The monoisotopic (exact) mass is 207 g/mol. The largest absolute Gasteiger partial charge is 0.485 e. The van der Waals surface area contributed by atoms with Crippen LogP contribution in [0, 0.1) is 5.82 Å². The highest BCUT2D eigenvalue weighted by molar-refractivity contribution is 5.40. The van der Waals surface area contributed by atoms with Gasteiger partial charge in [-0.3, -0.25) is 0 Å². The van der Waals surface area contributed by atoms with Crippen LogP contribution in [-0.2, 0) is 6.42 Å². The Kier molecular flexibility index (Phi) is 1.96. The molecule has 0 aliphatic carbocycles. The first-order chi connectivity index (χ1) is 7.27. The van der Waals surface area contributed by atoms with E-state index in [2.05, 4.69) is 5.32 Å². The SMILES string of the molecule is Fc1ccc2c(c1)OC1(CCCNC1)C2. The highest BCUT2D eigenvalue weighted by atomic mass is 19.1. The lowest BCUT2D eigenvalue weighted by Crippen LogP contribution is -2.49. The van der Waals surface area contributed by atoms with Crippen molar-refractivity contribution in [1.29, 1.82) is 0 Å². The average molecular weight is 207 g/mol. The highest BCUT2D eigenvalue weighted by Crippen LogP contribution is 2.38. The third kappa shape index (κ3) is 1.51. The van der Waals surface area contributed by atoms with Gasteiger partial charge < -0.3 is 10.1 Å². The van der Waals surface area contributed by atoms with Crippen LogP contribution in [0.4, 0.5) is 4.39 Å². The Morgan fingerprint density at radius 1 is 1.40 bits per heavy atom. The standard InChI is InChI=1S/C12H14FNO/c13-10-3-2-9-7-12(15-11(9)6-10)4-1-5-14-8-12/h2-3,6,14H,1,4-5,7-8H2. The molecule has 3 heteroatoms. The smallest absolute Gasteiger partial charge is 0.126 e. The molecule has 0 bridgehead atoms. The van der Waals surface area contributed by atoms with E-state index in [1.807, 2.05) is 6.07 Å². The molecule has 1 unspecified atom stereocenters. The number of rotatable bonds is 0. The molecule has 80 valence electrons. The van der Waals surface area contributed by atoms with E-state index < -0.39 is 0 Å². The first-order valence-corrected chi connectivity index (χ1v) is 5.46. The fourth-order valence-corrected chi connectivity index (χ4v) is 2.56. The van der Waals surface area contributed by atoms with E-state index in [9.17, 15) is 4.39 Å². The van der Waals surface area contributed by atoms with Gasteiger partial charge in [-0.05, 0) is 31.0 Å². The topological polar surface area (TPSA) is 21.3 Å². The van der Waals surface area contributed by atoms with Crippen LogP contribution in [-0.4, -0.2) is 18.7 Å². The highest BCUT2D eigenvalue weighted by Gasteiger charge is 2.40. The lowest BCUT2D eigenvalue weighted by Gasteiger charge is -2.33. The predicted molar refractivity (Wildman–Crippen MR) is 55.6 cm³/mol. The molecule has 2 aliphatic rings. The number of ether oxygens (including phenoxy) is 1. The molecule has 2 nitrogen and oxygen atoms in total. The molecule has 1 saturated heterocycles. The molecular weight excluding hydrogens is 193 g/mol. The Labute approximate surface area is 88.4 Å². The maximum absolute atomic E-state index is 13.0. The van der Waals surface area contributed by atoms with Crippen molar-refractivity contribution in [2.75, 3.05) is 13.1 Å². The van der Waals surface area contributed by atoms with Gasteiger partial charge in [-0.2, -0.15) is 0 Å². The minimum Gasteiger partial charge on any atom is -0.485 e. The Bertz CT molecular complexity index is 385. The fourth-order valence-electron chi connectivity index (χ4n) is 2.56. The van der Waals surface area contributed by atoms with Gasteiger partial charge in [0.05, 0.1) is 0 Å². The third-order valence-corrected chi connectivity index (χ3v) is 3.30. The molecule has 0 saturated carbocycles. The summed E-state index contributed by atoms with van der Waals surface area (Å²) in [4.78, 5) is 0. The second-order valence-electron chi connectivity index (χ2n) is 4.49. The van der Waals surface area contributed by atoms with Gasteiger partial charge in [0.15, 0.2) is 0 Å². The van der Waals surface area contributed by atoms with Crippen LogP contribution in [0.15, 0.2) is 18.2 Å². The summed E-state index contributed by atoms with van der Waals surface area (Å²) in [6, 6.07) is 4.85. The van der Waals surface area contributed by atoms with Gasteiger partial charge in [-0.1, -0.05) is 6.07 Å². The predicted octanol–water partition coefficient (Wildman–Crippen LogP) is 1.88. The van der Waals surface area contributed by atoms with Crippen molar-refractivity contribution < 1.29 is 9.13 Å². The summed E-state index contributed by atoms with van der Waals surface area (Å²) in [5, 5.41) is 3.35. The van der Waals surface area contributed by atoms with Gasteiger partial charge in [0.1, 0.15) is 17.2 Å². The number of hydrogen-bond acceptors (Lipinski definition) is 2. The van der Waals surface area contributed by atoms with E-state index in [0.717, 1.165) is 43.7 Å². The van der Waals surface area contributed by atoms with Crippen LogP contribution in [0.5, 0.6) is 5.75 Å². The Morgan fingerprint density at radius 2 is 2.33 bits per heavy atom. The molecule has 1 aromatic rings. The van der Waals surface area contributed by atoms with Gasteiger partial charge in [0.2, 0.25) is 0 Å². The second kappa shape index (κ2) is 3.20.